The first kappa shape index (κ1) is 12.1. The van der Waals surface area contributed by atoms with Gasteiger partial charge in [0.15, 0.2) is 0 Å². The lowest BCUT2D eigenvalue weighted by Crippen LogP contribution is -2.43. The molecule has 0 aliphatic rings. The molecule has 0 radical (unpaired) electrons. The highest BCUT2D eigenvalue weighted by atomic mass is 79.9. The second-order valence-electron chi connectivity index (χ2n) is 2.99. The van der Waals surface area contributed by atoms with E-state index in [0.717, 1.165) is 6.07 Å². The Morgan fingerprint density at radius 2 is 2.20 bits per heavy atom. The minimum Gasteiger partial charge on any atom is -0.479 e. The van der Waals surface area contributed by atoms with Gasteiger partial charge in [-0.15, -0.1) is 0 Å². The highest BCUT2D eigenvalue weighted by molar-refractivity contribution is 9.10. The molecule has 0 fully saturated rings. The quantitative estimate of drug-likeness (QED) is 0.764. The molecule has 1 aromatic carbocycles. The van der Waals surface area contributed by atoms with E-state index in [1.165, 1.54) is 12.1 Å². The average molecular weight is 278 g/mol. The summed E-state index contributed by atoms with van der Waals surface area (Å²) in [6, 6.07) is 3.65. The molecule has 4 N–H and O–H groups in total. The minimum absolute atomic E-state index is 0.355. The molecule has 0 unspecified atom stereocenters. The molecule has 0 bridgehead atoms. The summed E-state index contributed by atoms with van der Waals surface area (Å²) in [4.78, 5) is 10.8. The number of carbonyl (C=O) groups is 1. The number of carboxylic acids is 1. The van der Waals surface area contributed by atoms with Gasteiger partial charge in [0.25, 0.3) is 0 Å². The number of rotatable bonds is 3. The van der Waals surface area contributed by atoms with Gasteiger partial charge in [0.2, 0.25) is 5.60 Å². The van der Waals surface area contributed by atoms with Crippen LogP contribution in [-0.4, -0.2) is 22.7 Å². The summed E-state index contributed by atoms with van der Waals surface area (Å²) in [7, 11) is 0. The van der Waals surface area contributed by atoms with Crippen molar-refractivity contribution in [1.29, 1.82) is 0 Å². The molecular formula is C9H9BrFNO3. The number of hydrogen-bond donors (Lipinski definition) is 3. The van der Waals surface area contributed by atoms with Gasteiger partial charge in [-0.3, -0.25) is 0 Å². The molecule has 0 saturated carbocycles. The van der Waals surface area contributed by atoms with Crippen LogP contribution < -0.4 is 5.73 Å². The topological polar surface area (TPSA) is 83.5 Å². The van der Waals surface area contributed by atoms with Gasteiger partial charge in [0.05, 0.1) is 0 Å². The third-order valence-corrected chi connectivity index (χ3v) is 2.52. The molecule has 1 aromatic rings. The third kappa shape index (κ3) is 2.17. The smallest absolute Gasteiger partial charge is 0.341 e. The lowest BCUT2D eigenvalue weighted by atomic mass is 9.93. The van der Waals surface area contributed by atoms with Crippen molar-refractivity contribution in [1.82, 2.24) is 0 Å². The highest BCUT2D eigenvalue weighted by Gasteiger charge is 2.39. The van der Waals surface area contributed by atoms with Gasteiger partial charge >= 0.3 is 5.97 Å². The molecule has 0 heterocycles. The summed E-state index contributed by atoms with van der Waals surface area (Å²) >= 11 is 3.06. The molecule has 0 saturated heterocycles. The summed E-state index contributed by atoms with van der Waals surface area (Å²) in [5.74, 6) is -2.39. The molecular weight excluding hydrogens is 269 g/mol. The van der Waals surface area contributed by atoms with Crippen molar-refractivity contribution in [2.45, 2.75) is 5.60 Å². The summed E-state index contributed by atoms with van der Waals surface area (Å²) in [6.45, 7) is -0.601. The summed E-state index contributed by atoms with van der Waals surface area (Å²) in [5.41, 5.74) is 2.40. The van der Waals surface area contributed by atoms with E-state index >= 15 is 0 Å². The summed E-state index contributed by atoms with van der Waals surface area (Å²) in [5, 5.41) is 18.5. The van der Waals surface area contributed by atoms with Crippen LogP contribution in [0.3, 0.4) is 0 Å². The zero-order chi connectivity index (χ0) is 11.6. The maximum absolute atomic E-state index is 13.3. The third-order valence-electron chi connectivity index (χ3n) is 2.02. The van der Waals surface area contributed by atoms with E-state index in [9.17, 15) is 14.3 Å². The fourth-order valence-corrected chi connectivity index (χ4v) is 1.49. The van der Waals surface area contributed by atoms with E-state index in [2.05, 4.69) is 15.9 Å². The van der Waals surface area contributed by atoms with E-state index < -0.39 is 23.9 Å². The molecule has 82 valence electrons. The maximum Gasteiger partial charge on any atom is 0.341 e. The van der Waals surface area contributed by atoms with Crippen LogP contribution in [-0.2, 0) is 10.4 Å². The highest BCUT2D eigenvalue weighted by Crippen LogP contribution is 2.26. The second-order valence-corrected chi connectivity index (χ2v) is 3.91. The minimum atomic E-state index is -2.39. The first-order chi connectivity index (χ1) is 6.91. The number of aliphatic hydroxyl groups is 1. The van der Waals surface area contributed by atoms with Crippen molar-refractivity contribution in [2.24, 2.45) is 5.73 Å². The molecule has 1 rings (SSSR count). The van der Waals surface area contributed by atoms with Gasteiger partial charge in [0, 0.05) is 16.6 Å². The van der Waals surface area contributed by atoms with Crippen LogP contribution in [0.2, 0.25) is 0 Å². The van der Waals surface area contributed by atoms with E-state index in [-0.39, 0.29) is 5.56 Å². The standard InChI is InChI=1S/C9H9BrFNO3/c10-5-1-2-7(11)6(3-5)9(15,4-12)8(13)14/h1-3,15H,4,12H2,(H,13,14)/t9-/m0/s1. The van der Waals surface area contributed by atoms with Crippen LogP contribution in [0, 0.1) is 5.82 Å². The van der Waals surface area contributed by atoms with Gasteiger partial charge in [-0.2, -0.15) is 0 Å². The Bertz CT molecular complexity index is 399. The lowest BCUT2D eigenvalue weighted by molar-refractivity contribution is -0.158. The maximum atomic E-state index is 13.3. The second kappa shape index (κ2) is 4.26. The average Bonchev–Trinajstić information content (AvgIpc) is 2.20. The molecule has 0 spiro atoms. The van der Waals surface area contributed by atoms with Crippen molar-refractivity contribution >= 4 is 21.9 Å². The van der Waals surface area contributed by atoms with Gasteiger partial charge in [0.1, 0.15) is 5.82 Å². The molecule has 6 heteroatoms. The number of carboxylic acid groups (broad SMARTS) is 1. The molecule has 1 atom stereocenters. The Labute approximate surface area is 93.6 Å². The van der Waals surface area contributed by atoms with Gasteiger partial charge in [-0.05, 0) is 18.2 Å². The Morgan fingerprint density at radius 3 is 2.67 bits per heavy atom. The predicted octanol–water partition coefficient (Wildman–Crippen LogP) is 0.819. The van der Waals surface area contributed by atoms with E-state index in [1.807, 2.05) is 0 Å². The largest absolute Gasteiger partial charge is 0.479 e. The molecule has 0 aliphatic carbocycles. The molecule has 0 aromatic heterocycles. The fraction of sp³-hybridized carbons (Fsp3) is 0.222. The van der Waals surface area contributed by atoms with Crippen molar-refractivity contribution in [2.75, 3.05) is 6.54 Å². The van der Waals surface area contributed by atoms with Crippen LogP contribution in [0.5, 0.6) is 0 Å². The molecule has 0 amide bonds. The predicted molar refractivity (Wildman–Crippen MR) is 54.7 cm³/mol. The Hall–Kier alpha value is -0.980. The number of aliphatic carboxylic acids is 1. The van der Waals surface area contributed by atoms with Crippen LogP contribution in [0.4, 0.5) is 4.39 Å². The van der Waals surface area contributed by atoms with Crippen LogP contribution in [0.25, 0.3) is 0 Å². The normalized spacial score (nSPS) is 14.7. The molecule has 15 heavy (non-hydrogen) atoms. The van der Waals surface area contributed by atoms with Crippen molar-refractivity contribution in [3.8, 4) is 0 Å². The van der Waals surface area contributed by atoms with Crippen LogP contribution >= 0.6 is 15.9 Å². The van der Waals surface area contributed by atoms with Crippen molar-refractivity contribution < 1.29 is 19.4 Å². The Kier molecular flexibility index (Phi) is 3.43. The Balaban J connectivity index is 3.35. The first-order valence-electron chi connectivity index (χ1n) is 4.03. The van der Waals surface area contributed by atoms with Crippen molar-refractivity contribution in [3.63, 3.8) is 0 Å². The lowest BCUT2D eigenvalue weighted by Gasteiger charge is -2.22. The van der Waals surface area contributed by atoms with E-state index in [4.69, 9.17) is 10.8 Å². The van der Waals surface area contributed by atoms with Crippen molar-refractivity contribution in [3.05, 3.63) is 34.1 Å². The van der Waals surface area contributed by atoms with Gasteiger partial charge in [-0.25, -0.2) is 9.18 Å². The number of halogens is 2. The first-order valence-corrected chi connectivity index (χ1v) is 4.82. The van der Waals surface area contributed by atoms with Crippen LogP contribution in [0.1, 0.15) is 5.56 Å². The van der Waals surface area contributed by atoms with E-state index in [0.29, 0.717) is 4.47 Å². The van der Waals surface area contributed by atoms with Crippen LogP contribution in [0.15, 0.2) is 22.7 Å². The van der Waals surface area contributed by atoms with Gasteiger partial charge in [-0.1, -0.05) is 15.9 Å². The molecule has 0 aliphatic heterocycles. The number of benzene rings is 1. The summed E-state index contributed by atoms with van der Waals surface area (Å²) in [6.07, 6.45) is 0. The van der Waals surface area contributed by atoms with Gasteiger partial charge < -0.3 is 15.9 Å². The zero-order valence-corrected chi connectivity index (χ0v) is 9.16. The number of hydrogen-bond acceptors (Lipinski definition) is 3. The molecule has 4 nitrogen and oxygen atoms in total. The SMILES string of the molecule is NC[C@@](O)(C(=O)O)c1cc(Br)ccc1F. The van der Waals surface area contributed by atoms with E-state index in [1.54, 1.807) is 0 Å². The monoisotopic (exact) mass is 277 g/mol. The summed E-state index contributed by atoms with van der Waals surface area (Å²) < 4.78 is 13.8. The number of nitrogens with two attached hydrogens (primary N) is 1. The zero-order valence-electron chi connectivity index (χ0n) is 7.58. The Morgan fingerprint density at radius 1 is 1.60 bits per heavy atom. The fourth-order valence-electron chi connectivity index (χ4n) is 1.13.